The van der Waals surface area contributed by atoms with Gasteiger partial charge in [0.2, 0.25) is 0 Å². The zero-order valence-electron chi connectivity index (χ0n) is 13.0. The summed E-state index contributed by atoms with van der Waals surface area (Å²) in [5, 5.41) is 3.63. The number of aromatic amines is 1. The first-order valence-electron chi connectivity index (χ1n) is 7.33. The summed E-state index contributed by atoms with van der Waals surface area (Å²) in [5.41, 5.74) is 13.2. The number of H-pyrrole nitrogens is 1. The van der Waals surface area contributed by atoms with Crippen LogP contribution in [-0.4, -0.2) is 40.8 Å². The summed E-state index contributed by atoms with van der Waals surface area (Å²) < 4.78 is 11.9. The Morgan fingerprint density at radius 3 is 3.04 bits per heavy atom. The molecule has 0 amide bonds. The van der Waals surface area contributed by atoms with Gasteiger partial charge < -0.3 is 15.2 Å². The lowest BCUT2D eigenvalue weighted by Gasteiger charge is -2.16. The second kappa shape index (κ2) is 7.77. The molecule has 0 unspecified atom stereocenters. The molecule has 11 nitrogen and oxygen atoms in total. The maximum atomic E-state index is 11.9. The highest BCUT2D eigenvalue weighted by Crippen LogP contribution is 2.30. The SMILES string of the molecule is Cc1cn([C@H]2C[C@H](N=[N+]=[N-])[C@@H](COC(=O)CCN)O2)c(=O)[nH]c1=O. The van der Waals surface area contributed by atoms with E-state index in [-0.39, 0.29) is 26.0 Å². The van der Waals surface area contributed by atoms with Gasteiger partial charge in [0, 0.05) is 29.6 Å². The number of esters is 1. The number of aromatic nitrogens is 2. The Kier molecular flexibility index (Phi) is 5.74. The molecule has 3 N–H and O–H groups in total. The third-order valence-corrected chi connectivity index (χ3v) is 3.62. The number of ether oxygens (including phenoxy) is 2. The van der Waals surface area contributed by atoms with Crippen LogP contribution in [0.25, 0.3) is 10.4 Å². The Bertz CT molecular complexity index is 765. The van der Waals surface area contributed by atoms with E-state index in [0.29, 0.717) is 5.56 Å². The second-order valence-corrected chi connectivity index (χ2v) is 5.34. The first-order chi connectivity index (χ1) is 11.5. The Morgan fingerprint density at radius 1 is 1.62 bits per heavy atom. The van der Waals surface area contributed by atoms with Gasteiger partial charge in [-0.25, -0.2) is 4.79 Å². The number of aryl methyl sites for hydroxylation is 1. The van der Waals surface area contributed by atoms with Crippen LogP contribution < -0.4 is 17.0 Å². The van der Waals surface area contributed by atoms with Crippen molar-refractivity contribution in [2.24, 2.45) is 10.8 Å². The standard InChI is InChI=1S/C13H18N6O5/c1-7-5-19(13(22)16-12(7)21)10-4-8(17-18-15)9(24-10)6-23-11(20)2-3-14/h5,8-10H,2-4,6,14H2,1H3,(H,16,21,22)/t8-,9+,10+/m0/s1. The van der Waals surface area contributed by atoms with E-state index in [0.717, 1.165) is 0 Å². The Hall–Kier alpha value is -2.62. The molecule has 3 atom stereocenters. The van der Waals surface area contributed by atoms with Crippen LogP contribution in [-0.2, 0) is 14.3 Å². The highest BCUT2D eigenvalue weighted by atomic mass is 16.6. The van der Waals surface area contributed by atoms with Gasteiger partial charge in [-0.1, -0.05) is 5.11 Å². The van der Waals surface area contributed by atoms with Crippen LogP contribution in [0.2, 0.25) is 0 Å². The highest BCUT2D eigenvalue weighted by Gasteiger charge is 2.37. The minimum Gasteiger partial charge on any atom is -0.463 e. The molecule has 130 valence electrons. The molecule has 0 aliphatic carbocycles. The summed E-state index contributed by atoms with van der Waals surface area (Å²) in [6, 6.07) is -0.607. The van der Waals surface area contributed by atoms with E-state index in [1.54, 1.807) is 6.92 Å². The van der Waals surface area contributed by atoms with Crippen molar-refractivity contribution < 1.29 is 14.3 Å². The minimum atomic E-state index is -0.734. The van der Waals surface area contributed by atoms with E-state index in [9.17, 15) is 14.4 Å². The molecule has 24 heavy (non-hydrogen) atoms. The Labute approximate surface area is 136 Å². The number of hydrogen-bond donors (Lipinski definition) is 2. The van der Waals surface area contributed by atoms with Crippen LogP contribution in [0.5, 0.6) is 0 Å². The molecule has 1 saturated heterocycles. The average molecular weight is 338 g/mol. The van der Waals surface area contributed by atoms with Gasteiger partial charge in [-0.15, -0.1) is 0 Å². The van der Waals surface area contributed by atoms with Crippen LogP contribution in [0.15, 0.2) is 20.9 Å². The number of nitrogens with one attached hydrogen (secondary N) is 1. The van der Waals surface area contributed by atoms with E-state index in [2.05, 4.69) is 15.0 Å². The monoisotopic (exact) mass is 338 g/mol. The molecule has 2 rings (SSSR count). The van der Waals surface area contributed by atoms with Crippen molar-refractivity contribution in [2.75, 3.05) is 13.2 Å². The van der Waals surface area contributed by atoms with Crippen molar-refractivity contribution in [1.82, 2.24) is 9.55 Å². The average Bonchev–Trinajstić information content (AvgIpc) is 2.92. The van der Waals surface area contributed by atoms with Gasteiger partial charge in [-0.2, -0.15) is 0 Å². The van der Waals surface area contributed by atoms with E-state index in [1.807, 2.05) is 0 Å². The van der Waals surface area contributed by atoms with Crippen LogP contribution in [0.3, 0.4) is 0 Å². The number of nitrogens with two attached hydrogens (primary N) is 1. The smallest absolute Gasteiger partial charge is 0.330 e. The van der Waals surface area contributed by atoms with Gasteiger partial charge in [0.05, 0.1) is 12.5 Å². The zero-order chi connectivity index (χ0) is 17.7. The molecule has 0 spiro atoms. The number of hydrogen-bond acceptors (Lipinski definition) is 7. The van der Waals surface area contributed by atoms with E-state index < -0.39 is 35.6 Å². The first-order valence-corrected chi connectivity index (χ1v) is 7.33. The number of rotatable bonds is 6. The van der Waals surface area contributed by atoms with Gasteiger partial charge >= 0.3 is 11.7 Å². The van der Waals surface area contributed by atoms with Gasteiger partial charge in [0.15, 0.2) is 0 Å². The predicted molar refractivity (Wildman–Crippen MR) is 82.2 cm³/mol. The van der Waals surface area contributed by atoms with Crippen molar-refractivity contribution in [1.29, 1.82) is 0 Å². The molecule has 0 bridgehead atoms. The van der Waals surface area contributed by atoms with Gasteiger partial charge in [0.1, 0.15) is 18.9 Å². The topological polar surface area (TPSA) is 165 Å². The fourth-order valence-electron chi connectivity index (χ4n) is 2.39. The van der Waals surface area contributed by atoms with Crippen molar-refractivity contribution in [2.45, 2.75) is 38.1 Å². The van der Waals surface area contributed by atoms with Crippen LogP contribution in [0.4, 0.5) is 0 Å². The predicted octanol–water partition coefficient (Wildman–Crippen LogP) is -0.297. The largest absolute Gasteiger partial charge is 0.463 e. The maximum Gasteiger partial charge on any atom is 0.330 e. The first kappa shape index (κ1) is 17.7. The van der Waals surface area contributed by atoms with Gasteiger partial charge in [-0.3, -0.25) is 19.1 Å². The van der Waals surface area contributed by atoms with Crippen molar-refractivity contribution >= 4 is 5.97 Å². The van der Waals surface area contributed by atoms with Crippen molar-refractivity contribution in [3.63, 3.8) is 0 Å². The molecule has 0 aromatic carbocycles. The van der Waals surface area contributed by atoms with Crippen molar-refractivity contribution in [3.05, 3.63) is 43.0 Å². The summed E-state index contributed by atoms with van der Waals surface area (Å²) >= 11 is 0. The number of nitrogens with zero attached hydrogens (tertiary/aromatic N) is 4. The van der Waals surface area contributed by atoms with Crippen LogP contribution in [0, 0.1) is 6.92 Å². The second-order valence-electron chi connectivity index (χ2n) is 5.34. The maximum absolute atomic E-state index is 11.9. The van der Waals surface area contributed by atoms with Gasteiger partial charge in [-0.05, 0) is 12.5 Å². The fraction of sp³-hybridized carbons (Fsp3) is 0.615. The summed E-state index contributed by atoms with van der Waals surface area (Å²) in [6.45, 7) is 1.61. The molecule has 1 fully saturated rings. The Morgan fingerprint density at radius 2 is 2.38 bits per heavy atom. The molecule has 1 aromatic heterocycles. The lowest BCUT2D eigenvalue weighted by atomic mass is 10.1. The van der Waals surface area contributed by atoms with Crippen LogP contribution >= 0.6 is 0 Å². The number of azide groups is 1. The Balaban J connectivity index is 2.16. The molecule has 1 aliphatic rings. The van der Waals surface area contributed by atoms with E-state index in [4.69, 9.17) is 20.7 Å². The number of carbonyl (C=O) groups is 1. The molecule has 1 aromatic rings. The molecule has 2 heterocycles. The van der Waals surface area contributed by atoms with E-state index >= 15 is 0 Å². The lowest BCUT2D eigenvalue weighted by molar-refractivity contribution is -0.148. The molecular weight excluding hydrogens is 320 g/mol. The highest BCUT2D eigenvalue weighted by molar-refractivity contribution is 5.69. The fourth-order valence-corrected chi connectivity index (χ4v) is 2.39. The lowest BCUT2D eigenvalue weighted by Crippen LogP contribution is -2.33. The molecule has 0 radical (unpaired) electrons. The molecule has 11 heteroatoms. The van der Waals surface area contributed by atoms with Crippen LogP contribution in [0.1, 0.15) is 24.6 Å². The minimum absolute atomic E-state index is 0.0703. The number of carbonyl (C=O) groups excluding carboxylic acids is 1. The quantitative estimate of drug-likeness (QED) is 0.313. The summed E-state index contributed by atoms with van der Waals surface area (Å²) in [7, 11) is 0. The van der Waals surface area contributed by atoms with Gasteiger partial charge in [0.25, 0.3) is 5.56 Å². The van der Waals surface area contributed by atoms with E-state index in [1.165, 1.54) is 10.8 Å². The normalized spacial score (nSPS) is 22.8. The molecular formula is C13H18N6O5. The molecule has 0 saturated carbocycles. The van der Waals surface area contributed by atoms with Crippen molar-refractivity contribution in [3.8, 4) is 0 Å². The third-order valence-electron chi connectivity index (χ3n) is 3.62. The zero-order valence-corrected chi connectivity index (χ0v) is 13.0. The summed E-state index contributed by atoms with van der Waals surface area (Å²) in [5.74, 6) is -0.485. The summed E-state index contributed by atoms with van der Waals surface area (Å²) in [6.07, 6.45) is 0.241. The third kappa shape index (κ3) is 4.02. The molecule has 1 aliphatic heterocycles. The summed E-state index contributed by atoms with van der Waals surface area (Å²) in [4.78, 5) is 39.7.